The second kappa shape index (κ2) is 6.57. The van der Waals surface area contributed by atoms with Gasteiger partial charge in [0.2, 0.25) is 11.8 Å². The number of carbonyl (C=O) groups is 2. The van der Waals surface area contributed by atoms with Gasteiger partial charge in [-0.1, -0.05) is 13.8 Å². The molecule has 2 fully saturated rings. The topological polar surface area (TPSA) is 52.7 Å². The number of amides is 2. The van der Waals surface area contributed by atoms with E-state index in [0.717, 1.165) is 32.5 Å². The van der Waals surface area contributed by atoms with Gasteiger partial charge in [-0.3, -0.25) is 9.59 Å². The minimum atomic E-state index is -0.330. The highest BCUT2D eigenvalue weighted by atomic mass is 16.2. The van der Waals surface area contributed by atoms with Crippen molar-refractivity contribution in [2.24, 2.45) is 11.8 Å². The zero-order valence-corrected chi connectivity index (χ0v) is 12.9. The van der Waals surface area contributed by atoms with Crippen LogP contribution < -0.4 is 5.32 Å². The van der Waals surface area contributed by atoms with Gasteiger partial charge in [-0.15, -0.1) is 0 Å². The van der Waals surface area contributed by atoms with Crippen LogP contribution in [0.5, 0.6) is 0 Å². The first-order valence-corrected chi connectivity index (χ1v) is 7.72. The molecule has 0 bridgehead atoms. The van der Waals surface area contributed by atoms with Crippen molar-refractivity contribution in [1.82, 2.24) is 15.1 Å². The fourth-order valence-corrected chi connectivity index (χ4v) is 3.19. The maximum atomic E-state index is 12.6. The van der Waals surface area contributed by atoms with E-state index in [1.807, 2.05) is 4.90 Å². The van der Waals surface area contributed by atoms with E-state index < -0.39 is 0 Å². The van der Waals surface area contributed by atoms with E-state index in [0.29, 0.717) is 24.8 Å². The lowest BCUT2D eigenvalue weighted by Crippen LogP contribution is -2.46. The van der Waals surface area contributed by atoms with Gasteiger partial charge in [0.05, 0.1) is 0 Å². The third kappa shape index (κ3) is 3.95. The van der Waals surface area contributed by atoms with Crippen molar-refractivity contribution in [3.8, 4) is 0 Å². The van der Waals surface area contributed by atoms with Crippen LogP contribution in [0.25, 0.3) is 0 Å². The normalized spacial score (nSPS) is 28.9. The fourth-order valence-electron chi connectivity index (χ4n) is 3.19. The summed E-state index contributed by atoms with van der Waals surface area (Å²) in [7, 11) is 2.12. The molecule has 2 atom stereocenters. The zero-order chi connectivity index (χ0) is 14.7. The van der Waals surface area contributed by atoms with Crippen molar-refractivity contribution in [3.63, 3.8) is 0 Å². The van der Waals surface area contributed by atoms with Crippen LogP contribution in [0.1, 0.15) is 33.1 Å². The molecular weight excluding hydrogens is 254 g/mol. The Bertz CT molecular complexity index is 370. The van der Waals surface area contributed by atoms with Crippen LogP contribution in [0.15, 0.2) is 0 Å². The second-order valence-electron chi connectivity index (χ2n) is 6.70. The molecule has 0 aromatic carbocycles. The SMILES string of the molecule is CC(C)CC1NC(=O)CCN(CC2CCN(C)C2)C1=O. The van der Waals surface area contributed by atoms with Crippen molar-refractivity contribution < 1.29 is 9.59 Å². The Morgan fingerprint density at radius 2 is 2.05 bits per heavy atom. The molecule has 1 N–H and O–H groups in total. The van der Waals surface area contributed by atoms with Crippen LogP contribution in [0.4, 0.5) is 0 Å². The molecule has 2 amide bonds. The number of hydrogen-bond acceptors (Lipinski definition) is 3. The standard InChI is InChI=1S/C15H27N3O2/c1-11(2)8-13-15(20)18(7-5-14(19)16-13)10-12-4-6-17(3)9-12/h11-13H,4-10H2,1-3H3,(H,16,19). The van der Waals surface area contributed by atoms with Gasteiger partial charge in [0, 0.05) is 26.1 Å². The predicted molar refractivity (Wildman–Crippen MR) is 78.2 cm³/mol. The lowest BCUT2D eigenvalue weighted by molar-refractivity contribution is -0.134. The number of likely N-dealkylation sites (tertiary alicyclic amines) is 1. The number of nitrogens with one attached hydrogen (secondary N) is 1. The monoisotopic (exact) mass is 281 g/mol. The Morgan fingerprint density at radius 3 is 2.65 bits per heavy atom. The molecule has 2 saturated heterocycles. The highest BCUT2D eigenvalue weighted by Crippen LogP contribution is 2.18. The summed E-state index contributed by atoms with van der Waals surface area (Å²) in [6, 6.07) is -0.330. The quantitative estimate of drug-likeness (QED) is 0.825. The van der Waals surface area contributed by atoms with Gasteiger partial charge in [0.25, 0.3) is 0 Å². The Labute approximate surface area is 121 Å². The van der Waals surface area contributed by atoms with Crippen LogP contribution in [0, 0.1) is 11.8 Å². The van der Waals surface area contributed by atoms with E-state index in [1.54, 1.807) is 0 Å². The Hall–Kier alpha value is -1.10. The first-order chi connectivity index (χ1) is 9.45. The van der Waals surface area contributed by atoms with Crippen LogP contribution in [-0.2, 0) is 9.59 Å². The molecule has 2 aliphatic rings. The fraction of sp³-hybridized carbons (Fsp3) is 0.867. The second-order valence-corrected chi connectivity index (χ2v) is 6.70. The van der Waals surface area contributed by atoms with Crippen LogP contribution >= 0.6 is 0 Å². The summed E-state index contributed by atoms with van der Waals surface area (Å²) in [6.45, 7) is 7.70. The van der Waals surface area contributed by atoms with E-state index in [1.165, 1.54) is 0 Å². The highest BCUT2D eigenvalue weighted by molar-refractivity contribution is 5.89. The molecule has 2 unspecified atom stereocenters. The number of nitrogens with zero attached hydrogens (tertiary/aromatic N) is 2. The first kappa shape index (κ1) is 15.3. The third-order valence-electron chi connectivity index (χ3n) is 4.23. The first-order valence-electron chi connectivity index (χ1n) is 7.72. The minimum Gasteiger partial charge on any atom is -0.344 e. The maximum absolute atomic E-state index is 12.6. The minimum absolute atomic E-state index is 0.00930. The van der Waals surface area contributed by atoms with Crippen molar-refractivity contribution in [2.75, 3.05) is 33.2 Å². The van der Waals surface area contributed by atoms with Crippen molar-refractivity contribution in [1.29, 1.82) is 0 Å². The van der Waals surface area contributed by atoms with Gasteiger partial charge in [-0.2, -0.15) is 0 Å². The summed E-state index contributed by atoms with van der Waals surface area (Å²) in [5.74, 6) is 1.08. The van der Waals surface area contributed by atoms with E-state index >= 15 is 0 Å². The number of rotatable bonds is 4. The van der Waals surface area contributed by atoms with Crippen molar-refractivity contribution >= 4 is 11.8 Å². The Balaban J connectivity index is 1.99. The van der Waals surface area contributed by atoms with E-state index in [9.17, 15) is 9.59 Å². The lowest BCUT2D eigenvalue weighted by atomic mass is 10.0. The summed E-state index contributed by atoms with van der Waals surface area (Å²) >= 11 is 0. The summed E-state index contributed by atoms with van der Waals surface area (Å²) < 4.78 is 0. The predicted octanol–water partition coefficient (Wildman–Crippen LogP) is 0.701. The molecule has 0 aromatic heterocycles. The van der Waals surface area contributed by atoms with Crippen LogP contribution in [0.3, 0.4) is 0 Å². The molecule has 0 radical (unpaired) electrons. The zero-order valence-electron chi connectivity index (χ0n) is 12.9. The van der Waals surface area contributed by atoms with Gasteiger partial charge in [0.15, 0.2) is 0 Å². The third-order valence-corrected chi connectivity index (χ3v) is 4.23. The van der Waals surface area contributed by atoms with Crippen LogP contribution in [0.2, 0.25) is 0 Å². The van der Waals surface area contributed by atoms with Crippen molar-refractivity contribution in [2.45, 2.75) is 39.2 Å². The molecule has 2 rings (SSSR count). The summed E-state index contributed by atoms with van der Waals surface area (Å²) in [6.07, 6.45) is 2.31. The molecule has 0 aliphatic carbocycles. The van der Waals surface area contributed by atoms with Gasteiger partial charge in [0.1, 0.15) is 6.04 Å². The van der Waals surface area contributed by atoms with Gasteiger partial charge < -0.3 is 15.1 Å². The average Bonchev–Trinajstić information content (AvgIpc) is 2.72. The lowest BCUT2D eigenvalue weighted by Gasteiger charge is -2.27. The molecule has 0 aromatic rings. The molecule has 5 heteroatoms. The van der Waals surface area contributed by atoms with Crippen molar-refractivity contribution in [3.05, 3.63) is 0 Å². The molecule has 0 spiro atoms. The molecular formula is C15H27N3O2. The molecule has 5 nitrogen and oxygen atoms in total. The Kier molecular flexibility index (Phi) is 5.02. The molecule has 20 heavy (non-hydrogen) atoms. The molecule has 0 saturated carbocycles. The van der Waals surface area contributed by atoms with E-state index in [4.69, 9.17) is 0 Å². The largest absolute Gasteiger partial charge is 0.344 e. The molecule has 2 aliphatic heterocycles. The van der Waals surface area contributed by atoms with Gasteiger partial charge in [-0.25, -0.2) is 0 Å². The van der Waals surface area contributed by atoms with Gasteiger partial charge in [-0.05, 0) is 38.3 Å². The van der Waals surface area contributed by atoms with E-state index in [-0.39, 0.29) is 17.9 Å². The Morgan fingerprint density at radius 1 is 1.30 bits per heavy atom. The molecule has 114 valence electrons. The summed E-state index contributed by atoms with van der Waals surface area (Å²) in [4.78, 5) is 28.6. The van der Waals surface area contributed by atoms with Gasteiger partial charge >= 0.3 is 0 Å². The maximum Gasteiger partial charge on any atom is 0.245 e. The molecule has 2 heterocycles. The van der Waals surface area contributed by atoms with Crippen LogP contribution in [-0.4, -0.2) is 60.9 Å². The average molecular weight is 281 g/mol. The summed E-state index contributed by atoms with van der Waals surface area (Å²) in [5.41, 5.74) is 0. The summed E-state index contributed by atoms with van der Waals surface area (Å²) in [5, 5.41) is 2.88. The van der Waals surface area contributed by atoms with E-state index in [2.05, 4.69) is 31.1 Å². The number of carbonyl (C=O) groups excluding carboxylic acids is 2. The highest BCUT2D eigenvalue weighted by Gasteiger charge is 2.32. The number of hydrogen-bond donors (Lipinski definition) is 1. The smallest absolute Gasteiger partial charge is 0.245 e.